The number of hydrogen-bond donors (Lipinski definition) is 1. The average Bonchev–Trinajstić information content (AvgIpc) is 2.35. The molecule has 12 heavy (non-hydrogen) atoms. The summed E-state index contributed by atoms with van der Waals surface area (Å²) in [6.45, 7) is 0.958. The van der Waals surface area contributed by atoms with Crippen molar-refractivity contribution in [1.82, 2.24) is 9.78 Å². The number of halogens is 2. The zero-order valence-corrected chi connectivity index (χ0v) is 6.67. The topological polar surface area (TPSA) is 38.0 Å². The Bertz CT molecular complexity index is 254. The molecule has 0 aliphatic carbocycles. The van der Waals surface area contributed by atoms with Crippen molar-refractivity contribution in [3.63, 3.8) is 0 Å². The predicted octanol–water partition coefficient (Wildman–Crippen LogP) is 0.987. The van der Waals surface area contributed by atoms with Gasteiger partial charge in [0.2, 0.25) is 0 Å². The van der Waals surface area contributed by atoms with Gasteiger partial charge in [0.1, 0.15) is 0 Å². The molecule has 1 N–H and O–H groups in total. The van der Waals surface area contributed by atoms with E-state index in [9.17, 15) is 8.78 Å². The van der Waals surface area contributed by atoms with E-state index in [2.05, 4.69) is 5.10 Å². The van der Waals surface area contributed by atoms with E-state index >= 15 is 0 Å². The van der Waals surface area contributed by atoms with E-state index in [1.165, 1.54) is 10.9 Å². The molecular weight excluding hydrogens is 166 g/mol. The Morgan fingerprint density at radius 3 is 2.75 bits per heavy atom. The van der Waals surface area contributed by atoms with Crippen molar-refractivity contribution < 1.29 is 13.9 Å². The van der Waals surface area contributed by atoms with Crippen LogP contribution in [0.1, 0.15) is 12.5 Å². The van der Waals surface area contributed by atoms with Gasteiger partial charge in [-0.2, -0.15) is 5.10 Å². The number of nitrogens with zero attached hydrogens (tertiary/aromatic N) is 2. The van der Waals surface area contributed by atoms with Gasteiger partial charge in [0.15, 0.2) is 0 Å². The monoisotopic (exact) mass is 176 g/mol. The van der Waals surface area contributed by atoms with Crippen LogP contribution in [0, 0.1) is 0 Å². The largest absolute Gasteiger partial charge is 0.394 e. The van der Waals surface area contributed by atoms with Crippen LogP contribution in [-0.2, 0) is 12.5 Å². The third-order valence-electron chi connectivity index (χ3n) is 1.47. The highest BCUT2D eigenvalue weighted by Crippen LogP contribution is 2.25. The molecule has 1 rings (SSSR count). The second-order valence-corrected chi connectivity index (χ2v) is 2.60. The Balaban J connectivity index is 2.77. The number of aromatic nitrogens is 2. The minimum Gasteiger partial charge on any atom is -0.394 e. The van der Waals surface area contributed by atoms with Crippen molar-refractivity contribution in [2.45, 2.75) is 19.4 Å². The molecule has 1 heterocycles. The highest BCUT2D eigenvalue weighted by molar-refractivity contribution is 5.10. The van der Waals surface area contributed by atoms with Crippen LogP contribution < -0.4 is 0 Å². The summed E-state index contributed by atoms with van der Waals surface area (Å²) < 4.78 is 26.5. The summed E-state index contributed by atoms with van der Waals surface area (Å²) in [5.74, 6) is -2.85. The van der Waals surface area contributed by atoms with Crippen molar-refractivity contribution in [2.75, 3.05) is 6.61 Å². The van der Waals surface area contributed by atoms with E-state index in [1.54, 1.807) is 0 Å². The van der Waals surface area contributed by atoms with Gasteiger partial charge >= 0.3 is 0 Å². The lowest BCUT2D eigenvalue weighted by Crippen LogP contribution is -2.06. The lowest BCUT2D eigenvalue weighted by molar-refractivity contribution is 0.0173. The van der Waals surface area contributed by atoms with E-state index in [0.717, 1.165) is 13.1 Å². The summed E-state index contributed by atoms with van der Waals surface area (Å²) in [7, 11) is 0. The van der Waals surface area contributed by atoms with Crippen LogP contribution in [0.2, 0.25) is 0 Å². The molecule has 0 fully saturated rings. The summed E-state index contributed by atoms with van der Waals surface area (Å²) in [6, 6.07) is 0. The van der Waals surface area contributed by atoms with Crippen LogP contribution in [0.5, 0.6) is 0 Å². The van der Waals surface area contributed by atoms with E-state index in [0.29, 0.717) is 0 Å². The fourth-order valence-corrected chi connectivity index (χ4v) is 0.815. The van der Waals surface area contributed by atoms with Gasteiger partial charge in [0.05, 0.1) is 24.9 Å². The molecule has 0 bridgehead atoms. The van der Waals surface area contributed by atoms with Gasteiger partial charge in [0, 0.05) is 13.1 Å². The molecule has 0 saturated carbocycles. The van der Waals surface area contributed by atoms with Gasteiger partial charge < -0.3 is 5.11 Å². The summed E-state index contributed by atoms with van der Waals surface area (Å²) in [6.07, 6.45) is 2.34. The first-order chi connectivity index (χ1) is 5.54. The molecule has 0 atom stereocenters. The Morgan fingerprint density at radius 1 is 1.67 bits per heavy atom. The van der Waals surface area contributed by atoms with Gasteiger partial charge in [-0.1, -0.05) is 0 Å². The summed E-state index contributed by atoms with van der Waals surface area (Å²) in [4.78, 5) is 0. The van der Waals surface area contributed by atoms with E-state index in [1.807, 2.05) is 0 Å². The molecule has 0 unspecified atom stereocenters. The lowest BCUT2D eigenvalue weighted by atomic mass is 10.2. The number of aliphatic hydroxyl groups is 1. The number of aliphatic hydroxyl groups excluding tert-OH is 1. The maximum atomic E-state index is 12.6. The molecule has 0 aliphatic heterocycles. The summed E-state index contributed by atoms with van der Waals surface area (Å²) >= 11 is 0. The summed E-state index contributed by atoms with van der Waals surface area (Å²) in [5.41, 5.74) is -0.129. The standard InChI is InChI=1S/C7H10F2N2O/c1-7(8,9)6-4-10-11(5-6)2-3-12/h4-5,12H,2-3H2,1H3. The molecule has 1 aromatic rings. The molecule has 1 aromatic heterocycles. The van der Waals surface area contributed by atoms with Gasteiger partial charge in [0.25, 0.3) is 5.92 Å². The van der Waals surface area contributed by atoms with Crippen molar-refractivity contribution in [1.29, 1.82) is 0 Å². The number of hydrogen-bond acceptors (Lipinski definition) is 2. The molecule has 0 aromatic carbocycles. The molecule has 68 valence electrons. The Labute approximate surface area is 68.6 Å². The quantitative estimate of drug-likeness (QED) is 0.745. The van der Waals surface area contributed by atoms with Gasteiger partial charge in [-0.05, 0) is 0 Å². The normalized spacial score (nSPS) is 12.0. The Kier molecular flexibility index (Phi) is 2.42. The van der Waals surface area contributed by atoms with Crippen LogP contribution in [-0.4, -0.2) is 21.5 Å². The van der Waals surface area contributed by atoms with E-state index in [-0.39, 0.29) is 18.7 Å². The van der Waals surface area contributed by atoms with Crippen molar-refractivity contribution in [3.05, 3.63) is 18.0 Å². The third-order valence-corrected chi connectivity index (χ3v) is 1.47. The van der Waals surface area contributed by atoms with Crippen LogP contribution in [0.25, 0.3) is 0 Å². The lowest BCUT2D eigenvalue weighted by Gasteiger charge is -2.05. The second kappa shape index (κ2) is 3.18. The van der Waals surface area contributed by atoms with E-state index in [4.69, 9.17) is 5.11 Å². The fraction of sp³-hybridized carbons (Fsp3) is 0.571. The molecule has 0 radical (unpaired) electrons. The average molecular weight is 176 g/mol. The maximum Gasteiger partial charge on any atom is 0.273 e. The molecule has 0 aliphatic rings. The van der Waals surface area contributed by atoms with Crippen LogP contribution in [0.3, 0.4) is 0 Å². The zero-order valence-electron chi connectivity index (χ0n) is 6.67. The minimum atomic E-state index is -2.85. The fourth-order valence-electron chi connectivity index (χ4n) is 0.815. The predicted molar refractivity (Wildman–Crippen MR) is 38.9 cm³/mol. The van der Waals surface area contributed by atoms with Gasteiger partial charge in [-0.15, -0.1) is 0 Å². The molecule has 0 saturated heterocycles. The molecular formula is C7H10F2N2O. The Hall–Kier alpha value is -0.970. The van der Waals surface area contributed by atoms with Crippen LogP contribution in [0.15, 0.2) is 12.4 Å². The van der Waals surface area contributed by atoms with E-state index < -0.39 is 5.92 Å². The van der Waals surface area contributed by atoms with Crippen molar-refractivity contribution in [2.24, 2.45) is 0 Å². The highest BCUT2D eigenvalue weighted by Gasteiger charge is 2.25. The van der Waals surface area contributed by atoms with Crippen molar-refractivity contribution in [3.8, 4) is 0 Å². The van der Waals surface area contributed by atoms with Crippen molar-refractivity contribution >= 4 is 0 Å². The molecule has 5 heteroatoms. The summed E-state index contributed by atoms with van der Waals surface area (Å²) in [5, 5.41) is 12.1. The highest BCUT2D eigenvalue weighted by atomic mass is 19.3. The van der Waals surface area contributed by atoms with Crippen LogP contribution >= 0.6 is 0 Å². The minimum absolute atomic E-state index is 0.101. The first-order valence-corrected chi connectivity index (χ1v) is 3.55. The molecule has 0 amide bonds. The van der Waals surface area contributed by atoms with Gasteiger partial charge in [-0.3, -0.25) is 4.68 Å². The first-order valence-electron chi connectivity index (χ1n) is 3.55. The maximum absolute atomic E-state index is 12.6. The Morgan fingerprint density at radius 2 is 2.33 bits per heavy atom. The molecule has 0 spiro atoms. The zero-order chi connectivity index (χ0) is 9.19. The SMILES string of the molecule is CC(F)(F)c1cnn(CCO)c1. The number of alkyl halides is 2. The number of rotatable bonds is 3. The second-order valence-electron chi connectivity index (χ2n) is 2.60. The van der Waals surface area contributed by atoms with Crippen LogP contribution in [0.4, 0.5) is 8.78 Å². The first kappa shape index (κ1) is 9.12. The smallest absolute Gasteiger partial charge is 0.273 e. The van der Waals surface area contributed by atoms with Gasteiger partial charge in [-0.25, -0.2) is 8.78 Å². The third kappa shape index (κ3) is 2.01. The molecule has 3 nitrogen and oxygen atoms in total.